The quantitative estimate of drug-likeness (QED) is 0.500. The Morgan fingerprint density at radius 3 is 2.46 bits per heavy atom. The molecule has 0 aliphatic carbocycles. The first kappa shape index (κ1) is 10.5. The SMILES string of the molecule is NOCc1c(F)cc(F)c(Br)c1F. The molecule has 1 aromatic carbocycles. The van der Waals surface area contributed by atoms with Gasteiger partial charge in [0.15, 0.2) is 0 Å². The zero-order valence-corrected chi connectivity index (χ0v) is 7.87. The maximum absolute atomic E-state index is 13.0. The molecule has 0 fully saturated rings. The van der Waals surface area contributed by atoms with Crippen LogP contribution in [0.25, 0.3) is 0 Å². The molecule has 0 amide bonds. The van der Waals surface area contributed by atoms with Crippen LogP contribution in [0, 0.1) is 17.5 Å². The molecule has 0 unspecified atom stereocenters. The highest BCUT2D eigenvalue weighted by Crippen LogP contribution is 2.25. The van der Waals surface area contributed by atoms with Crippen LogP contribution in [0.15, 0.2) is 10.5 Å². The van der Waals surface area contributed by atoms with Gasteiger partial charge in [-0.25, -0.2) is 19.1 Å². The summed E-state index contributed by atoms with van der Waals surface area (Å²) in [7, 11) is 0. The monoisotopic (exact) mass is 255 g/mol. The summed E-state index contributed by atoms with van der Waals surface area (Å²) in [5, 5.41) is 0. The van der Waals surface area contributed by atoms with Gasteiger partial charge in [0.25, 0.3) is 0 Å². The Hall–Kier alpha value is -0.590. The zero-order chi connectivity index (χ0) is 10.0. The van der Waals surface area contributed by atoms with E-state index in [1.165, 1.54) is 0 Å². The van der Waals surface area contributed by atoms with Gasteiger partial charge >= 0.3 is 0 Å². The van der Waals surface area contributed by atoms with Gasteiger partial charge < -0.3 is 0 Å². The van der Waals surface area contributed by atoms with Crippen molar-refractivity contribution in [3.05, 3.63) is 33.6 Å². The average molecular weight is 256 g/mol. The van der Waals surface area contributed by atoms with Gasteiger partial charge in [-0.1, -0.05) is 0 Å². The number of nitrogens with two attached hydrogens (primary N) is 1. The van der Waals surface area contributed by atoms with Crippen molar-refractivity contribution in [3.63, 3.8) is 0 Å². The van der Waals surface area contributed by atoms with E-state index in [1.54, 1.807) is 0 Å². The third-order valence-electron chi connectivity index (χ3n) is 1.44. The summed E-state index contributed by atoms with van der Waals surface area (Å²) in [5.74, 6) is 1.58. The normalized spacial score (nSPS) is 10.5. The van der Waals surface area contributed by atoms with E-state index in [4.69, 9.17) is 0 Å². The van der Waals surface area contributed by atoms with Crippen LogP contribution >= 0.6 is 15.9 Å². The molecule has 2 nitrogen and oxygen atoms in total. The molecule has 0 atom stereocenters. The number of hydrogen-bond acceptors (Lipinski definition) is 2. The van der Waals surface area contributed by atoms with Crippen LogP contribution in [0.4, 0.5) is 13.2 Å². The minimum atomic E-state index is -1.04. The largest absolute Gasteiger partial charge is 0.300 e. The Labute approximate surface area is 80.6 Å². The summed E-state index contributed by atoms with van der Waals surface area (Å²) in [6, 6.07) is 0.557. The number of halogens is 4. The van der Waals surface area contributed by atoms with Crippen molar-refractivity contribution in [2.24, 2.45) is 5.90 Å². The summed E-state index contributed by atoms with van der Waals surface area (Å²) in [6.45, 7) is -0.448. The third-order valence-corrected chi connectivity index (χ3v) is 2.16. The molecule has 0 radical (unpaired) electrons. The predicted octanol–water partition coefficient (Wildman–Crippen LogP) is 2.26. The summed E-state index contributed by atoms with van der Waals surface area (Å²) in [4.78, 5) is 4.06. The molecular formula is C7H5BrF3NO. The highest BCUT2D eigenvalue weighted by molar-refractivity contribution is 9.10. The molecule has 13 heavy (non-hydrogen) atoms. The van der Waals surface area contributed by atoms with Crippen molar-refractivity contribution in [1.82, 2.24) is 0 Å². The second kappa shape index (κ2) is 4.08. The molecule has 0 aliphatic rings. The smallest absolute Gasteiger partial charge is 0.148 e. The van der Waals surface area contributed by atoms with Crippen LogP contribution in [-0.4, -0.2) is 0 Å². The zero-order valence-electron chi connectivity index (χ0n) is 6.28. The maximum atomic E-state index is 13.0. The molecule has 2 N–H and O–H groups in total. The molecule has 0 bridgehead atoms. The van der Waals surface area contributed by atoms with Crippen LogP contribution in [0.1, 0.15) is 5.56 Å². The lowest BCUT2D eigenvalue weighted by Gasteiger charge is -2.05. The van der Waals surface area contributed by atoms with Gasteiger partial charge in [-0.05, 0) is 15.9 Å². The molecule has 0 aromatic heterocycles. The minimum Gasteiger partial charge on any atom is -0.300 e. The highest BCUT2D eigenvalue weighted by Gasteiger charge is 2.16. The fourth-order valence-electron chi connectivity index (χ4n) is 0.820. The molecule has 72 valence electrons. The Balaban J connectivity index is 3.26. The van der Waals surface area contributed by atoms with Crippen molar-refractivity contribution in [2.75, 3.05) is 0 Å². The minimum absolute atomic E-state index is 0.407. The predicted molar refractivity (Wildman–Crippen MR) is 43.0 cm³/mol. The summed E-state index contributed by atoms with van der Waals surface area (Å²) in [6.07, 6.45) is 0. The van der Waals surface area contributed by atoms with Crippen LogP contribution in [0.3, 0.4) is 0 Å². The average Bonchev–Trinajstić information content (AvgIpc) is 2.09. The van der Waals surface area contributed by atoms with Crippen molar-refractivity contribution in [1.29, 1.82) is 0 Å². The lowest BCUT2D eigenvalue weighted by Crippen LogP contribution is -2.05. The van der Waals surface area contributed by atoms with Crippen molar-refractivity contribution >= 4 is 15.9 Å². The van der Waals surface area contributed by atoms with E-state index in [9.17, 15) is 13.2 Å². The van der Waals surface area contributed by atoms with Gasteiger partial charge in [-0.15, -0.1) is 0 Å². The van der Waals surface area contributed by atoms with E-state index >= 15 is 0 Å². The van der Waals surface area contributed by atoms with Crippen LogP contribution in [-0.2, 0) is 11.4 Å². The van der Waals surface area contributed by atoms with Crippen LogP contribution in [0.5, 0.6) is 0 Å². The molecule has 0 saturated carbocycles. The molecule has 1 aromatic rings. The third kappa shape index (κ3) is 2.01. The second-order valence-electron chi connectivity index (χ2n) is 2.26. The van der Waals surface area contributed by atoms with Crippen LogP contribution < -0.4 is 5.90 Å². The molecule has 0 saturated heterocycles. The van der Waals surface area contributed by atoms with Gasteiger partial charge in [0, 0.05) is 6.07 Å². The Kier molecular flexibility index (Phi) is 3.29. The topological polar surface area (TPSA) is 35.2 Å². The first-order chi connectivity index (χ1) is 6.07. The van der Waals surface area contributed by atoms with Crippen molar-refractivity contribution in [3.8, 4) is 0 Å². The van der Waals surface area contributed by atoms with Gasteiger partial charge in [0.1, 0.15) is 17.5 Å². The fourth-order valence-corrected chi connectivity index (χ4v) is 1.17. The molecule has 0 heterocycles. The van der Waals surface area contributed by atoms with Gasteiger partial charge in [-0.3, -0.25) is 4.84 Å². The van der Waals surface area contributed by atoms with Gasteiger partial charge in [0.2, 0.25) is 0 Å². The Morgan fingerprint density at radius 1 is 1.31 bits per heavy atom. The lowest BCUT2D eigenvalue weighted by atomic mass is 10.2. The first-order valence-electron chi connectivity index (χ1n) is 3.21. The van der Waals surface area contributed by atoms with Crippen molar-refractivity contribution < 1.29 is 18.0 Å². The molecular weight excluding hydrogens is 251 g/mol. The van der Waals surface area contributed by atoms with E-state index < -0.39 is 34.1 Å². The fraction of sp³-hybridized carbons (Fsp3) is 0.143. The summed E-state index contributed by atoms with van der Waals surface area (Å²) >= 11 is 2.62. The van der Waals surface area contributed by atoms with Gasteiger partial charge in [-0.2, -0.15) is 0 Å². The summed E-state index contributed by atoms with van der Waals surface area (Å²) < 4.78 is 38.1. The maximum Gasteiger partial charge on any atom is 0.148 e. The lowest BCUT2D eigenvalue weighted by molar-refractivity contribution is 0.118. The van der Waals surface area contributed by atoms with E-state index in [0.717, 1.165) is 0 Å². The number of hydrogen-bond donors (Lipinski definition) is 1. The standard InChI is InChI=1S/C7H5BrF3NO/c8-6-5(10)1-4(9)3(2-13-12)7(6)11/h1H,2,12H2. The van der Waals surface area contributed by atoms with Gasteiger partial charge in [0.05, 0.1) is 16.6 Å². The van der Waals surface area contributed by atoms with E-state index in [2.05, 4.69) is 26.7 Å². The molecule has 1 rings (SSSR count). The number of benzene rings is 1. The number of rotatable bonds is 2. The Bertz CT molecular complexity index is 332. The van der Waals surface area contributed by atoms with E-state index in [-0.39, 0.29) is 0 Å². The van der Waals surface area contributed by atoms with E-state index in [0.29, 0.717) is 6.07 Å². The first-order valence-corrected chi connectivity index (χ1v) is 4.00. The second-order valence-corrected chi connectivity index (χ2v) is 3.05. The summed E-state index contributed by atoms with van der Waals surface area (Å²) in [5.41, 5.74) is -0.407. The molecule has 0 spiro atoms. The highest BCUT2D eigenvalue weighted by atomic mass is 79.9. The van der Waals surface area contributed by atoms with E-state index in [1.807, 2.05) is 0 Å². The van der Waals surface area contributed by atoms with Crippen LogP contribution in [0.2, 0.25) is 0 Å². The molecule has 0 aliphatic heterocycles. The van der Waals surface area contributed by atoms with Crippen molar-refractivity contribution in [2.45, 2.75) is 6.61 Å². The Morgan fingerprint density at radius 2 is 1.92 bits per heavy atom. The molecule has 6 heteroatoms.